The van der Waals surface area contributed by atoms with E-state index in [0.29, 0.717) is 0 Å². The maximum Gasteiger partial charge on any atom is 0.407 e. The number of benzene rings is 2. The van der Waals surface area contributed by atoms with Gasteiger partial charge in [-0.05, 0) is 22.3 Å². The highest BCUT2D eigenvalue weighted by Crippen LogP contribution is 2.44. The Morgan fingerprint density at radius 1 is 1.06 bits per heavy atom. The van der Waals surface area contributed by atoms with Crippen molar-refractivity contribution in [1.82, 2.24) is 10.2 Å². The first kappa shape index (κ1) is 25.0. The van der Waals surface area contributed by atoms with Crippen molar-refractivity contribution in [3.63, 3.8) is 0 Å². The fraction of sp³-hybridized carbons (Fsp3) is 0.348. The largest absolute Gasteiger partial charge is 0.480 e. The monoisotopic (exact) mass is 480 g/mol. The van der Waals surface area contributed by atoms with Gasteiger partial charge in [0.2, 0.25) is 5.91 Å². The number of hydrogen-bond acceptors (Lipinski definition) is 5. The van der Waals surface area contributed by atoms with E-state index in [1.807, 2.05) is 48.5 Å². The van der Waals surface area contributed by atoms with E-state index in [-0.39, 0.29) is 17.4 Å². The minimum absolute atomic E-state index is 0.0743. The number of carboxylic acids is 1. The maximum absolute atomic E-state index is 12.8. The number of carbonyl (C=O) groups is 3. The highest BCUT2D eigenvalue weighted by Gasteiger charge is 2.37. The molecule has 11 heteroatoms. The van der Waals surface area contributed by atoms with Gasteiger partial charge in [-0.1, -0.05) is 48.5 Å². The van der Waals surface area contributed by atoms with Crippen LogP contribution in [0, 0.1) is 0 Å². The molecule has 34 heavy (non-hydrogen) atoms. The number of aliphatic carboxylic acids is 1. The number of carboxylic acid groups (broad SMARTS) is 1. The molecular formula is C23H23F3N2O6. The van der Waals surface area contributed by atoms with Crippen molar-refractivity contribution in [2.24, 2.45) is 0 Å². The van der Waals surface area contributed by atoms with E-state index >= 15 is 0 Å². The summed E-state index contributed by atoms with van der Waals surface area (Å²) in [6, 6.07) is 13.7. The fourth-order valence-electron chi connectivity index (χ4n) is 3.94. The molecule has 2 amide bonds. The molecule has 0 saturated carbocycles. The van der Waals surface area contributed by atoms with Gasteiger partial charge >= 0.3 is 18.2 Å². The van der Waals surface area contributed by atoms with Gasteiger partial charge in [0.15, 0.2) is 0 Å². The molecule has 0 radical (unpaired) electrons. The SMILES string of the molecule is COC[C@H](NC(=O)OCC1c2ccccc2-c2ccccc21)C(=O)N(CC(=O)O)CC(F)(F)F. The number of alkyl carbamates (subject to hydrolysis) is 1. The first-order valence-corrected chi connectivity index (χ1v) is 10.3. The lowest BCUT2D eigenvalue weighted by molar-refractivity contribution is -0.167. The van der Waals surface area contributed by atoms with Gasteiger partial charge in [-0.25, -0.2) is 4.79 Å². The quantitative estimate of drug-likeness (QED) is 0.572. The molecule has 2 N–H and O–H groups in total. The Kier molecular flexibility index (Phi) is 7.77. The van der Waals surface area contributed by atoms with Crippen molar-refractivity contribution in [2.45, 2.75) is 18.1 Å². The average molecular weight is 480 g/mol. The Balaban J connectivity index is 1.69. The van der Waals surface area contributed by atoms with Crippen LogP contribution in [0.15, 0.2) is 48.5 Å². The number of nitrogens with one attached hydrogen (secondary N) is 1. The van der Waals surface area contributed by atoms with Crippen LogP contribution in [0.5, 0.6) is 0 Å². The summed E-state index contributed by atoms with van der Waals surface area (Å²) < 4.78 is 48.7. The van der Waals surface area contributed by atoms with Crippen LogP contribution in [0.25, 0.3) is 11.1 Å². The summed E-state index contributed by atoms with van der Waals surface area (Å²) in [5.74, 6) is -3.14. The molecule has 0 heterocycles. The summed E-state index contributed by atoms with van der Waals surface area (Å²) in [7, 11) is 1.19. The molecule has 0 aromatic heterocycles. The third-order valence-electron chi connectivity index (χ3n) is 5.28. The summed E-state index contributed by atoms with van der Waals surface area (Å²) in [6.07, 6.45) is -5.87. The lowest BCUT2D eigenvalue weighted by atomic mass is 9.98. The lowest BCUT2D eigenvalue weighted by Gasteiger charge is -2.27. The first-order valence-electron chi connectivity index (χ1n) is 10.3. The van der Waals surface area contributed by atoms with Crippen LogP contribution in [0.2, 0.25) is 0 Å². The topological polar surface area (TPSA) is 105 Å². The van der Waals surface area contributed by atoms with Crippen LogP contribution < -0.4 is 5.32 Å². The predicted octanol–water partition coefficient (Wildman–Crippen LogP) is 3.02. The summed E-state index contributed by atoms with van der Waals surface area (Å²) in [5, 5.41) is 11.1. The third-order valence-corrected chi connectivity index (χ3v) is 5.28. The normalized spacial score (nSPS) is 13.5. The number of carbonyl (C=O) groups excluding carboxylic acids is 2. The average Bonchev–Trinajstić information content (AvgIpc) is 3.09. The van der Waals surface area contributed by atoms with E-state index in [1.54, 1.807) is 0 Å². The fourth-order valence-corrected chi connectivity index (χ4v) is 3.94. The van der Waals surface area contributed by atoms with Gasteiger partial charge in [0.1, 0.15) is 25.7 Å². The molecule has 1 aliphatic carbocycles. The van der Waals surface area contributed by atoms with Crippen LogP contribution in [-0.4, -0.2) is 73.6 Å². The van der Waals surface area contributed by atoms with Gasteiger partial charge in [0, 0.05) is 13.0 Å². The molecule has 8 nitrogen and oxygen atoms in total. The Bertz CT molecular complexity index is 1010. The van der Waals surface area contributed by atoms with E-state index in [4.69, 9.17) is 14.6 Å². The lowest BCUT2D eigenvalue weighted by Crippen LogP contribution is -2.54. The molecule has 182 valence electrons. The number of halogens is 3. The highest BCUT2D eigenvalue weighted by atomic mass is 19.4. The van der Waals surface area contributed by atoms with Crippen molar-refractivity contribution in [3.8, 4) is 11.1 Å². The van der Waals surface area contributed by atoms with Gasteiger partial charge < -0.3 is 24.8 Å². The van der Waals surface area contributed by atoms with E-state index in [0.717, 1.165) is 22.3 Å². The molecule has 2 aromatic carbocycles. The number of amides is 2. The number of hydrogen-bond donors (Lipinski definition) is 2. The Morgan fingerprint density at radius 3 is 2.12 bits per heavy atom. The summed E-state index contributed by atoms with van der Waals surface area (Å²) >= 11 is 0. The molecule has 1 atom stereocenters. The minimum atomic E-state index is -4.83. The summed E-state index contributed by atoms with van der Waals surface area (Å²) in [5.41, 5.74) is 3.93. The molecule has 3 rings (SSSR count). The number of methoxy groups -OCH3 is 1. The number of alkyl halides is 3. The molecule has 0 unspecified atom stereocenters. The molecule has 0 saturated heterocycles. The predicted molar refractivity (Wildman–Crippen MR) is 114 cm³/mol. The zero-order chi connectivity index (χ0) is 24.9. The van der Waals surface area contributed by atoms with E-state index in [1.165, 1.54) is 7.11 Å². The van der Waals surface area contributed by atoms with Crippen LogP contribution in [-0.2, 0) is 19.1 Å². The minimum Gasteiger partial charge on any atom is -0.480 e. The maximum atomic E-state index is 12.8. The number of ether oxygens (including phenoxy) is 2. The smallest absolute Gasteiger partial charge is 0.407 e. The second-order valence-corrected chi connectivity index (χ2v) is 7.68. The second-order valence-electron chi connectivity index (χ2n) is 7.68. The molecule has 0 bridgehead atoms. The summed E-state index contributed by atoms with van der Waals surface area (Å²) in [4.78, 5) is 36.1. The number of fused-ring (bicyclic) bond motifs is 3. The molecule has 0 spiro atoms. The van der Waals surface area contributed by atoms with Crippen LogP contribution in [0.3, 0.4) is 0 Å². The first-order chi connectivity index (χ1) is 16.1. The second kappa shape index (κ2) is 10.6. The van der Waals surface area contributed by atoms with Crippen LogP contribution in [0.4, 0.5) is 18.0 Å². The number of nitrogens with zero attached hydrogens (tertiary/aromatic N) is 1. The molecule has 2 aromatic rings. The Labute approximate surface area is 193 Å². The molecule has 0 aliphatic heterocycles. The van der Waals surface area contributed by atoms with Crippen molar-refractivity contribution in [2.75, 3.05) is 33.4 Å². The van der Waals surface area contributed by atoms with Gasteiger partial charge in [0.25, 0.3) is 0 Å². The van der Waals surface area contributed by atoms with Crippen molar-refractivity contribution >= 4 is 18.0 Å². The Hall–Kier alpha value is -3.60. The molecule has 1 aliphatic rings. The van der Waals surface area contributed by atoms with Crippen molar-refractivity contribution in [3.05, 3.63) is 59.7 Å². The van der Waals surface area contributed by atoms with Crippen molar-refractivity contribution in [1.29, 1.82) is 0 Å². The van der Waals surface area contributed by atoms with Gasteiger partial charge in [-0.3, -0.25) is 9.59 Å². The van der Waals surface area contributed by atoms with Crippen molar-refractivity contribution < 1.29 is 42.1 Å². The van der Waals surface area contributed by atoms with Crippen LogP contribution >= 0.6 is 0 Å². The number of rotatable bonds is 9. The third kappa shape index (κ3) is 6.04. The van der Waals surface area contributed by atoms with Gasteiger partial charge in [0.05, 0.1) is 6.61 Å². The summed E-state index contributed by atoms with van der Waals surface area (Å²) in [6.45, 7) is -3.53. The standard InChI is InChI=1S/C23H23F3N2O6/c1-33-12-19(21(31)28(10-20(29)30)13-23(24,25)26)27-22(32)34-11-18-16-8-4-2-6-14(16)15-7-3-5-9-17(15)18/h2-9,18-19H,10-13H2,1H3,(H,27,32)(H,29,30)/t19-/m0/s1. The Morgan fingerprint density at radius 2 is 1.62 bits per heavy atom. The van der Waals surface area contributed by atoms with Gasteiger partial charge in [-0.15, -0.1) is 0 Å². The van der Waals surface area contributed by atoms with E-state index in [2.05, 4.69) is 5.32 Å². The zero-order valence-corrected chi connectivity index (χ0v) is 18.2. The van der Waals surface area contributed by atoms with Gasteiger partial charge in [-0.2, -0.15) is 13.2 Å². The molecule has 0 fully saturated rings. The highest BCUT2D eigenvalue weighted by molar-refractivity contribution is 5.88. The molecular weight excluding hydrogens is 457 g/mol. The zero-order valence-electron chi connectivity index (χ0n) is 18.2. The van der Waals surface area contributed by atoms with E-state index < -0.39 is 49.9 Å². The van der Waals surface area contributed by atoms with E-state index in [9.17, 15) is 27.6 Å². The van der Waals surface area contributed by atoms with Crippen LogP contribution in [0.1, 0.15) is 17.0 Å².